The van der Waals surface area contributed by atoms with Crippen LogP contribution in [0.4, 0.5) is 0 Å². The highest BCUT2D eigenvalue weighted by Crippen LogP contribution is 2.64. The second kappa shape index (κ2) is 7.61. The first kappa shape index (κ1) is 22.0. The van der Waals surface area contributed by atoms with Gasteiger partial charge in [0.2, 0.25) is 0 Å². The van der Waals surface area contributed by atoms with E-state index in [-0.39, 0.29) is 35.8 Å². The number of benzene rings is 1. The third-order valence-corrected chi connectivity index (χ3v) is 7.93. The Morgan fingerprint density at radius 3 is 2.84 bits per heavy atom. The molecule has 1 N–H and O–H groups in total. The van der Waals surface area contributed by atoms with Crippen LogP contribution >= 0.6 is 0 Å². The van der Waals surface area contributed by atoms with Crippen molar-refractivity contribution in [2.45, 2.75) is 82.6 Å². The number of aromatic hydroxyl groups is 1. The number of carbonyl (C=O) groups excluding carboxylic acids is 1. The fourth-order valence-corrected chi connectivity index (χ4v) is 6.93. The maximum Gasteiger partial charge on any atom is 0.323 e. The van der Waals surface area contributed by atoms with Gasteiger partial charge in [-0.2, -0.15) is 5.06 Å². The highest BCUT2D eigenvalue weighted by Gasteiger charge is 2.66. The number of likely N-dealkylation sites (tertiary alicyclic amines) is 1. The van der Waals surface area contributed by atoms with Gasteiger partial charge in [-0.15, -0.1) is 0 Å². The van der Waals surface area contributed by atoms with Crippen molar-refractivity contribution in [3.8, 4) is 11.5 Å². The first-order chi connectivity index (χ1) is 15.2. The molecule has 1 aromatic carbocycles. The average molecular weight is 445 g/mol. The van der Waals surface area contributed by atoms with Gasteiger partial charge in [0.05, 0.1) is 12.6 Å². The highest BCUT2D eigenvalue weighted by atomic mass is 16.7. The van der Waals surface area contributed by atoms with Crippen LogP contribution in [0.1, 0.15) is 58.1 Å². The molecule has 1 saturated heterocycles. The Bertz CT molecular complexity index is 912. The standard InChI is InChI=1S/C25H36N2O5/c1-6-30-27(14-20(29)32-24(2,3)4)17-9-8-16-18-13-15-7-10-19(28)22-21(15)25(16,23(17)31-22)11-12-26(18)5/h7,10,16-18,23,28H,6,8-9,11-14H2,1-5H3/t16-,17+,18+,23-,25-/m0/s1. The Labute approximate surface area is 190 Å². The topological polar surface area (TPSA) is 71.5 Å². The van der Waals surface area contributed by atoms with Crippen LogP contribution in [0.15, 0.2) is 12.1 Å². The van der Waals surface area contributed by atoms with Crippen LogP contribution in [0.2, 0.25) is 0 Å². The molecule has 0 aromatic heterocycles. The number of piperidine rings is 1. The van der Waals surface area contributed by atoms with Crippen LogP contribution in [0.5, 0.6) is 11.5 Å². The Morgan fingerprint density at radius 2 is 2.12 bits per heavy atom. The Kier molecular flexibility index (Phi) is 5.23. The minimum Gasteiger partial charge on any atom is -0.504 e. The molecule has 0 unspecified atom stereocenters. The van der Waals surface area contributed by atoms with Crippen molar-refractivity contribution in [1.29, 1.82) is 0 Å². The number of nitrogens with zero attached hydrogens (tertiary/aromatic N) is 2. The maximum absolute atomic E-state index is 12.7. The van der Waals surface area contributed by atoms with E-state index >= 15 is 0 Å². The van der Waals surface area contributed by atoms with Gasteiger partial charge in [0.15, 0.2) is 11.5 Å². The summed E-state index contributed by atoms with van der Waals surface area (Å²) in [6.45, 7) is 9.10. The molecule has 1 saturated carbocycles. The summed E-state index contributed by atoms with van der Waals surface area (Å²) in [5.41, 5.74) is 1.82. The number of phenols is 1. The van der Waals surface area contributed by atoms with E-state index < -0.39 is 5.60 Å². The molecule has 5 rings (SSSR count). The van der Waals surface area contributed by atoms with Crippen LogP contribution in [0.3, 0.4) is 0 Å². The summed E-state index contributed by atoms with van der Waals surface area (Å²) in [7, 11) is 2.23. The highest BCUT2D eigenvalue weighted by molar-refractivity contribution is 5.72. The van der Waals surface area contributed by atoms with E-state index in [1.54, 1.807) is 11.1 Å². The largest absolute Gasteiger partial charge is 0.504 e. The normalized spacial score (nSPS) is 33.1. The van der Waals surface area contributed by atoms with Gasteiger partial charge in [0.25, 0.3) is 0 Å². The zero-order valence-corrected chi connectivity index (χ0v) is 19.9. The lowest BCUT2D eigenvalue weighted by atomic mass is 9.51. The summed E-state index contributed by atoms with van der Waals surface area (Å²) >= 11 is 0. The molecular formula is C25H36N2O5. The summed E-state index contributed by atoms with van der Waals surface area (Å²) in [6.07, 6.45) is 3.76. The molecule has 2 fully saturated rings. The number of hydrogen-bond donors (Lipinski definition) is 1. The smallest absolute Gasteiger partial charge is 0.323 e. The summed E-state index contributed by atoms with van der Waals surface area (Å²) in [4.78, 5) is 21.2. The molecule has 176 valence electrons. The van der Waals surface area contributed by atoms with Gasteiger partial charge >= 0.3 is 5.97 Å². The van der Waals surface area contributed by atoms with E-state index in [2.05, 4.69) is 18.0 Å². The lowest BCUT2D eigenvalue weighted by Crippen LogP contribution is -2.68. The minimum absolute atomic E-state index is 0.0644. The van der Waals surface area contributed by atoms with Crippen molar-refractivity contribution in [2.75, 3.05) is 26.7 Å². The number of esters is 1. The molecule has 0 amide bonds. The summed E-state index contributed by atoms with van der Waals surface area (Å²) in [5, 5.41) is 12.5. The fourth-order valence-electron chi connectivity index (χ4n) is 6.93. The SMILES string of the molecule is CCON(CC(=O)OC(C)(C)C)[C@@H]1CC[C@H]2[C@H]3Cc4ccc(O)c5c4[C@@]2(CCN3C)[C@H]1O5. The molecule has 32 heavy (non-hydrogen) atoms. The van der Waals surface area contributed by atoms with Crippen LogP contribution in [0.25, 0.3) is 0 Å². The van der Waals surface area contributed by atoms with E-state index in [0.717, 1.165) is 32.2 Å². The number of carbonyl (C=O) groups is 1. The molecule has 2 bridgehead atoms. The minimum atomic E-state index is -0.545. The predicted molar refractivity (Wildman–Crippen MR) is 120 cm³/mol. The number of ether oxygens (including phenoxy) is 2. The number of likely N-dealkylation sites (N-methyl/N-ethyl adjacent to an activating group) is 1. The molecule has 2 heterocycles. The molecule has 2 aliphatic heterocycles. The van der Waals surface area contributed by atoms with Crippen LogP contribution in [-0.2, 0) is 26.2 Å². The molecule has 7 nitrogen and oxygen atoms in total. The van der Waals surface area contributed by atoms with E-state index in [1.165, 1.54) is 11.1 Å². The number of rotatable bonds is 5. The average Bonchev–Trinajstić information content (AvgIpc) is 3.06. The van der Waals surface area contributed by atoms with Gasteiger partial charge in [-0.3, -0.25) is 9.63 Å². The Hall–Kier alpha value is -1.83. The molecule has 7 heteroatoms. The lowest BCUT2D eigenvalue weighted by Gasteiger charge is -2.59. The van der Waals surface area contributed by atoms with Crippen LogP contribution < -0.4 is 4.74 Å². The first-order valence-corrected chi connectivity index (χ1v) is 12.0. The third-order valence-electron chi connectivity index (χ3n) is 7.93. The molecule has 0 radical (unpaired) electrons. The third kappa shape index (κ3) is 3.24. The molecule has 5 atom stereocenters. The Balaban J connectivity index is 1.52. The zero-order chi connectivity index (χ0) is 22.8. The summed E-state index contributed by atoms with van der Waals surface area (Å²) < 4.78 is 12.2. The molecule has 1 aromatic rings. The number of phenolic OH excluding ortho intramolecular Hbond substituents is 1. The van der Waals surface area contributed by atoms with Gasteiger partial charge in [-0.05, 0) is 84.5 Å². The van der Waals surface area contributed by atoms with Crippen molar-refractivity contribution >= 4 is 5.97 Å². The van der Waals surface area contributed by atoms with Gasteiger partial charge in [0, 0.05) is 17.0 Å². The van der Waals surface area contributed by atoms with E-state index in [0.29, 0.717) is 24.3 Å². The first-order valence-electron chi connectivity index (χ1n) is 12.0. The second-order valence-electron chi connectivity index (χ2n) is 10.9. The number of hydrogen-bond acceptors (Lipinski definition) is 7. The van der Waals surface area contributed by atoms with E-state index in [9.17, 15) is 9.90 Å². The van der Waals surface area contributed by atoms with Crippen molar-refractivity contribution in [1.82, 2.24) is 9.96 Å². The van der Waals surface area contributed by atoms with Crippen molar-refractivity contribution in [2.24, 2.45) is 5.92 Å². The van der Waals surface area contributed by atoms with E-state index in [1.807, 2.05) is 27.7 Å². The summed E-state index contributed by atoms with van der Waals surface area (Å²) in [6, 6.07) is 4.24. The quantitative estimate of drug-likeness (QED) is 0.553. The maximum atomic E-state index is 12.7. The van der Waals surface area contributed by atoms with Crippen molar-refractivity contribution in [3.63, 3.8) is 0 Å². The molecule has 2 aliphatic carbocycles. The van der Waals surface area contributed by atoms with Gasteiger partial charge in [-0.25, -0.2) is 0 Å². The second-order valence-corrected chi connectivity index (χ2v) is 10.9. The van der Waals surface area contributed by atoms with Crippen LogP contribution in [0, 0.1) is 5.92 Å². The van der Waals surface area contributed by atoms with Gasteiger partial charge in [-0.1, -0.05) is 6.07 Å². The van der Waals surface area contributed by atoms with E-state index in [4.69, 9.17) is 14.3 Å². The predicted octanol–water partition coefficient (Wildman–Crippen LogP) is 3.03. The molecule has 1 spiro atoms. The molecule has 4 aliphatic rings. The van der Waals surface area contributed by atoms with Gasteiger partial charge < -0.3 is 19.5 Å². The lowest BCUT2D eigenvalue weighted by molar-refractivity contribution is -0.227. The van der Waals surface area contributed by atoms with Crippen molar-refractivity contribution < 1.29 is 24.2 Å². The molecular weight excluding hydrogens is 408 g/mol. The van der Waals surface area contributed by atoms with Crippen LogP contribution in [-0.4, -0.2) is 71.6 Å². The van der Waals surface area contributed by atoms with Crippen molar-refractivity contribution in [3.05, 3.63) is 23.3 Å². The fraction of sp³-hybridized carbons (Fsp3) is 0.720. The monoisotopic (exact) mass is 444 g/mol. The summed E-state index contributed by atoms with van der Waals surface area (Å²) in [5.74, 6) is 1.05. The number of hydroxylamine groups is 2. The Morgan fingerprint density at radius 1 is 1.34 bits per heavy atom. The van der Waals surface area contributed by atoms with Gasteiger partial charge in [0.1, 0.15) is 18.2 Å². The zero-order valence-electron chi connectivity index (χ0n) is 19.9.